The Morgan fingerprint density at radius 2 is 1.91 bits per heavy atom. The number of carboxylic acid groups (broad SMARTS) is 1. The molecule has 3 atom stereocenters. The van der Waals surface area contributed by atoms with Crippen LogP contribution in [-0.4, -0.2) is 67.4 Å². The molecule has 0 amide bonds. The van der Waals surface area contributed by atoms with Gasteiger partial charge < -0.3 is 29.4 Å². The lowest BCUT2D eigenvalue weighted by Gasteiger charge is -2.35. The third-order valence-electron chi connectivity index (χ3n) is 8.54. The van der Waals surface area contributed by atoms with Gasteiger partial charge in [-0.05, 0) is 96.1 Å². The largest absolute Gasteiger partial charge is 0.490 e. The van der Waals surface area contributed by atoms with Crippen LogP contribution in [0.5, 0.6) is 5.75 Å². The van der Waals surface area contributed by atoms with Crippen LogP contribution in [0.3, 0.4) is 0 Å². The van der Waals surface area contributed by atoms with E-state index in [1.165, 1.54) is 17.6 Å². The Bertz CT molecular complexity index is 1780. The maximum absolute atomic E-state index is 15.7. The molecule has 3 aromatic heterocycles. The average Bonchev–Trinajstić information content (AvgIpc) is 3.57. The van der Waals surface area contributed by atoms with Crippen molar-refractivity contribution in [2.24, 2.45) is 7.05 Å². The Labute approximate surface area is 266 Å². The lowest BCUT2D eigenvalue weighted by Crippen LogP contribution is -2.54. The molecule has 4 aromatic rings. The number of ether oxygens (including phenoxy) is 2. The Hall–Kier alpha value is -3.61. The predicted molar refractivity (Wildman–Crippen MR) is 174 cm³/mol. The number of aryl methyl sites for hydroxylation is 2. The molecule has 240 valence electrons. The highest BCUT2D eigenvalue weighted by molar-refractivity contribution is 7.09. The van der Waals surface area contributed by atoms with E-state index in [1.807, 2.05) is 45.4 Å². The number of pyridine rings is 1. The first-order chi connectivity index (χ1) is 21.2. The molecule has 0 unspecified atom stereocenters. The van der Waals surface area contributed by atoms with Crippen LogP contribution in [0, 0.1) is 19.7 Å². The van der Waals surface area contributed by atoms with Gasteiger partial charge in [0.1, 0.15) is 5.65 Å². The third-order valence-corrected chi connectivity index (χ3v) is 9.27. The normalized spacial score (nSPS) is 19.4. The molecule has 0 spiro atoms. The number of carboxylic acids is 1. The van der Waals surface area contributed by atoms with E-state index in [-0.39, 0.29) is 5.75 Å². The zero-order valence-electron chi connectivity index (χ0n) is 27.1. The predicted octanol–water partition coefficient (Wildman–Crippen LogP) is 5.97. The molecule has 2 aliphatic rings. The van der Waals surface area contributed by atoms with Crippen molar-refractivity contribution >= 4 is 34.5 Å². The number of fused-ring (bicyclic) bond motifs is 2. The molecule has 0 aliphatic carbocycles. The molecule has 10 nitrogen and oxygen atoms in total. The number of hydrogen-bond acceptors (Lipinski definition) is 9. The maximum Gasteiger partial charge on any atom is 0.337 e. The first kappa shape index (κ1) is 31.4. The molecule has 0 saturated carbocycles. The number of nitrogens with one attached hydrogen (secondary N) is 1. The van der Waals surface area contributed by atoms with E-state index in [0.29, 0.717) is 64.5 Å². The van der Waals surface area contributed by atoms with Crippen LogP contribution in [0.2, 0.25) is 0 Å². The van der Waals surface area contributed by atoms with E-state index in [4.69, 9.17) is 23.8 Å². The van der Waals surface area contributed by atoms with Crippen LogP contribution in [0.4, 0.5) is 10.3 Å². The number of piperazine rings is 1. The van der Waals surface area contributed by atoms with E-state index >= 15 is 4.39 Å². The van der Waals surface area contributed by atoms with Gasteiger partial charge in [0.15, 0.2) is 22.7 Å². The fraction of sp³-hybridized carbons (Fsp3) is 0.515. The molecule has 1 fully saturated rings. The minimum absolute atomic E-state index is 0.276. The molecular formula is C33H41FN6O4S. The first-order valence-corrected chi connectivity index (χ1v) is 16.2. The summed E-state index contributed by atoms with van der Waals surface area (Å²) >= 11 is 1.31. The van der Waals surface area contributed by atoms with Crippen LogP contribution in [0.15, 0.2) is 12.1 Å². The summed E-state index contributed by atoms with van der Waals surface area (Å²) < 4.78 is 34.3. The number of nitrogens with zero attached hydrogens (tertiary/aromatic N) is 5. The van der Waals surface area contributed by atoms with Crippen molar-refractivity contribution in [3.05, 3.63) is 40.3 Å². The molecule has 0 radical (unpaired) electrons. The van der Waals surface area contributed by atoms with E-state index in [0.717, 1.165) is 41.3 Å². The number of rotatable bonds is 6. The van der Waals surface area contributed by atoms with Gasteiger partial charge in [0.2, 0.25) is 5.95 Å². The van der Waals surface area contributed by atoms with Crippen molar-refractivity contribution in [2.45, 2.75) is 85.1 Å². The Morgan fingerprint density at radius 3 is 2.58 bits per heavy atom. The number of aliphatic carboxylic acids is 1. The summed E-state index contributed by atoms with van der Waals surface area (Å²) in [5, 5.41) is 15.5. The van der Waals surface area contributed by atoms with E-state index < -0.39 is 23.5 Å². The third kappa shape index (κ3) is 5.79. The number of carbonyl (C=O) groups is 1. The quantitative estimate of drug-likeness (QED) is 0.264. The van der Waals surface area contributed by atoms with Crippen molar-refractivity contribution in [2.75, 3.05) is 24.6 Å². The summed E-state index contributed by atoms with van der Waals surface area (Å²) in [6, 6.07) is 4.07. The zero-order valence-corrected chi connectivity index (χ0v) is 27.9. The van der Waals surface area contributed by atoms with Crippen molar-refractivity contribution in [1.29, 1.82) is 0 Å². The minimum atomic E-state index is -1.33. The molecule has 45 heavy (non-hydrogen) atoms. The summed E-state index contributed by atoms with van der Waals surface area (Å²) in [4.78, 5) is 24.9. The first-order valence-electron chi connectivity index (χ1n) is 15.4. The van der Waals surface area contributed by atoms with Gasteiger partial charge in [-0.25, -0.2) is 14.2 Å². The van der Waals surface area contributed by atoms with E-state index in [1.54, 1.807) is 6.92 Å². The van der Waals surface area contributed by atoms with Crippen molar-refractivity contribution < 1.29 is 23.8 Å². The van der Waals surface area contributed by atoms with Gasteiger partial charge in [0.25, 0.3) is 0 Å². The number of halogens is 1. The zero-order chi connectivity index (χ0) is 32.4. The molecule has 2 aliphatic heterocycles. The molecule has 1 saturated heterocycles. The minimum Gasteiger partial charge on any atom is -0.490 e. The summed E-state index contributed by atoms with van der Waals surface area (Å²) in [6.45, 7) is 15.6. The van der Waals surface area contributed by atoms with Crippen molar-refractivity contribution in [3.8, 4) is 27.6 Å². The monoisotopic (exact) mass is 636 g/mol. The SMILES string of the molecule is Cc1nc2c(cc(-c3nc(N4C[C@@H](C)N[C@@H](C)C4)ns3)n2C)c(-c2cc(F)c3c(c2C)CCCO3)c1[C@H](OC(C)(C)C)C(=O)O. The van der Waals surface area contributed by atoms with Crippen LogP contribution in [-0.2, 0) is 23.0 Å². The van der Waals surface area contributed by atoms with Crippen LogP contribution < -0.4 is 15.0 Å². The molecule has 1 aromatic carbocycles. The number of hydrogen-bond donors (Lipinski definition) is 2. The second kappa shape index (κ2) is 11.6. The van der Waals surface area contributed by atoms with Crippen LogP contribution >= 0.6 is 11.5 Å². The van der Waals surface area contributed by atoms with Gasteiger partial charge in [-0.1, -0.05) is 0 Å². The van der Waals surface area contributed by atoms with Gasteiger partial charge in [0.05, 0.1) is 17.9 Å². The maximum atomic E-state index is 15.7. The summed E-state index contributed by atoms with van der Waals surface area (Å²) in [6.07, 6.45) is 0.116. The second-order valence-corrected chi connectivity index (χ2v) is 14.1. The van der Waals surface area contributed by atoms with E-state index in [9.17, 15) is 9.90 Å². The van der Waals surface area contributed by atoms with Gasteiger partial charge >= 0.3 is 5.97 Å². The molecule has 12 heteroatoms. The number of anilines is 1. The molecule has 0 bridgehead atoms. The Kier molecular flexibility index (Phi) is 8.11. The lowest BCUT2D eigenvalue weighted by molar-refractivity contribution is -0.160. The fourth-order valence-electron chi connectivity index (χ4n) is 6.72. The highest BCUT2D eigenvalue weighted by atomic mass is 32.1. The fourth-order valence-corrected chi connectivity index (χ4v) is 7.45. The average molecular weight is 637 g/mol. The summed E-state index contributed by atoms with van der Waals surface area (Å²) in [5.41, 5.74) is 4.41. The summed E-state index contributed by atoms with van der Waals surface area (Å²) in [5.74, 6) is -0.646. The molecule has 6 rings (SSSR count). The summed E-state index contributed by atoms with van der Waals surface area (Å²) in [7, 11) is 1.91. The number of benzene rings is 1. The van der Waals surface area contributed by atoms with Gasteiger partial charge in [-0.3, -0.25) is 0 Å². The van der Waals surface area contributed by atoms with Crippen molar-refractivity contribution in [1.82, 2.24) is 24.2 Å². The van der Waals surface area contributed by atoms with Crippen LogP contribution in [0.25, 0.3) is 32.9 Å². The standard InChI is InChI=1S/C33H41FN6O4S/c1-16-14-40(15-17(2)35-16)32-37-30(45-38-32)24-13-22-26(21-12-23(34)27-20(18(21)3)10-9-11-43-27)25(19(4)36-29(22)39(24)8)28(31(41)42)44-33(5,6)7/h12-13,16-17,28,35H,9-11,14-15H2,1-8H3,(H,41,42)/t16-,17+,28-/m0/s1. The van der Waals surface area contributed by atoms with Gasteiger partial charge in [-0.2, -0.15) is 9.36 Å². The number of aromatic nitrogens is 4. The van der Waals surface area contributed by atoms with Crippen molar-refractivity contribution in [3.63, 3.8) is 0 Å². The van der Waals surface area contributed by atoms with E-state index in [2.05, 4.69) is 24.1 Å². The van der Waals surface area contributed by atoms with Gasteiger partial charge in [0, 0.05) is 60.0 Å². The molecule has 2 N–H and O–H groups in total. The Morgan fingerprint density at radius 1 is 1.20 bits per heavy atom. The highest BCUT2D eigenvalue weighted by Gasteiger charge is 2.35. The smallest absolute Gasteiger partial charge is 0.337 e. The lowest BCUT2D eigenvalue weighted by atomic mass is 9.86. The Balaban J connectivity index is 1.59. The van der Waals surface area contributed by atoms with Crippen LogP contribution in [0.1, 0.15) is 69.5 Å². The molecular weight excluding hydrogens is 595 g/mol. The highest BCUT2D eigenvalue weighted by Crippen LogP contribution is 2.45. The molecule has 5 heterocycles. The second-order valence-electron chi connectivity index (χ2n) is 13.3. The van der Waals surface area contributed by atoms with Gasteiger partial charge in [-0.15, -0.1) is 0 Å². The topological polar surface area (TPSA) is 115 Å².